The van der Waals surface area contributed by atoms with E-state index in [0.29, 0.717) is 10.5 Å². The van der Waals surface area contributed by atoms with Crippen molar-refractivity contribution in [1.82, 2.24) is 4.90 Å². The Morgan fingerprint density at radius 1 is 1.19 bits per heavy atom. The first-order valence-corrected chi connectivity index (χ1v) is 6.37. The largest absolute Gasteiger partial charge is 0.452 e. The van der Waals surface area contributed by atoms with Crippen LogP contribution in [0.2, 0.25) is 5.22 Å². The molecule has 1 amide bonds. The van der Waals surface area contributed by atoms with Crippen LogP contribution in [0.1, 0.15) is 15.9 Å². The number of alkyl halides is 3. The molecule has 2 aromatic rings. The lowest BCUT2D eigenvalue weighted by molar-refractivity contribution is -0.141. The van der Waals surface area contributed by atoms with Gasteiger partial charge in [0.1, 0.15) is 6.54 Å². The summed E-state index contributed by atoms with van der Waals surface area (Å²) in [5.74, 6) is -0.824. The van der Waals surface area contributed by atoms with Crippen molar-refractivity contribution < 1.29 is 22.4 Å². The van der Waals surface area contributed by atoms with Crippen LogP contribution in [-0.4, -0.2) is 23.5 Å². The molecule has 0 N–H and O–H groups in total. The predicted octanol–water partition coefficient (Wildman–Crippen LogP) is 4.14. The highest BCUT2D eigenvalue weighted by Gasteiger charge is 2.34. The van der Waals surface area contributed by atoms with Gasteiger partial charge in [0, 0.05) is 6.54 Å². The Bertz CT molecular complexity index is 610. The van der Waals surface area contributed by atoms with E-state index in [0.717, 1.165) is 6.26 Å². The van der Waals surface area contributed by atoms with Crippen LogP contribution in [0.5, 0.6) is 0 Å². The number of rotatable bonds is 4. The molecule has 112 valence electrons. The highest BCUT2D eigenvalue weighted by atomic mass is 35.5. The fraction of sp³-hybridized carbons (Fsp3) is 0.214. The minimum atomic E-state index is -4.50. The standard InChI is InChI=1S/C14H11ClF3NO2/c15-12-11(6-7-21-12)13(20)19(9-14(16,17)18)8-10-4-2-1-3-5-10/h1-7H,8-9H2. The molecule has 0 saturated heterocycles. The number of amides is 1. The molecule has 3 nitrogen and oxygen atoms in total. The molecule has 1 aromatic carbocycles. The van der Waals surface area contributed by atoms with Gasteiger partial charge in [-0.15, -0.1) is 0 Å². The molecular weight excluding hydrogens is 307 g/mol. The summed E-state index contributed by atoms with van der Waals surface area (Å²) in [7, 11) is 0. The molecule has 0 saturated carbocycles. The van der Waals surface area contributed by atoms with E-state index in [2.05, 4.69) is 0 Å². The van der Waals surface area contributed by atoms with E-state index in [1.165, 1.54) is 6.07 Å². The number of carbonyl (C=O) groups excluding carboxylic acids is 1. The Balaban J connectivity index is 2.24. The third kappa shape index (κ3) is 4.26. The maximum atomic E-state index is 12.7. The van der Waals surface area contributed by atoms with Gasteiger partial charge in [-0.3, -0.25) is 4.79 Å². The van der Waals surface area contributed by atoms with E-state index < -0.39 is 18.6 Å². The van der Waals surface area contributed by atoms with Crippen molar-refractivity contribution >= 4 is 17.5 Å². The van der Waals surface area contributed by atoms with Crippen molar-refractivity contribution in [1.29, 1.82) is 0 Å². The number of hydrogen-bond acceptors (Lipinski definition) is 2. The summed E-state index contributed by atoms with van der Waals surface area (Å²) >= 11 is 5.66. The number of furan rings is 1. The van der Waals surface area contributed by atoms with E-state index >= 15 is 0 Å². The van der Waals surface area contributed by atoms with E-state index in [9.17, 15) is 18.0 Å². The number of hydrogen-bond donors (Lipinski definition) is 0. The van der Waals surface area contributed by atoms with Crippen LogP contribution in [0.4, 0.5) is 13.2 Å². The fourth-order valence-corrected chi connectivity index (χ4v) is 2.03. The number of halogens is 4. The van der Waals surface area contributed by atoms with Gasteiger partial charge in [0.25, 0.3) is 5.91 Å². The Hall–Kier alpha value is -1.95. The minimum absolute atomic E-state index is 0.0863. The lowest BCUT2D eigenvalue weighted by Gasteiger charge is -2.23. The normalized spacial score (nSPS) is 11.4. The second-order valence-corrected chi connectivity index (χ2v) is 4.71. The van der Waals surface area contributed by atoms with Crippen molar-refractivity contribution in [3.05, 3.63) is 59.0 Å². The van der Waals surface area contributed by atoms with Crippen LogP contribution in [0.15, 0.2) is 47.1 Å². The van der Waals surface area contributed by atoms with E-state index in [1.807, 2.05) is 0 Å². The second-order valence-electron chi connectivity index (χ2n) is 4.37. The van der Waals surface area contributed by atoms with Crippen molar-refractivity contribution in [3.8, 4) is 0 Å². The molecule has 0 aliphatic carbocycles. The summed E-state index contributed by atoms with van der Waals surface area (Å²) in [6, 6.07) is 9.67. The lowest BCUT2D eigenvalue weighted by Crippen LogP contribution is -2.38. The molecular formula is C14H11ClF3NO2. The minimum Gasteiger partial charge on any atom is -0.452 e. The van der Waals surface area contributed by atoms with Crippen molar-refractivity contribution in [3.63, 3.8) is 0 Å². The monoisotopic (exact) mass is 317 g/mol. The van der Waals surface area contributed by atoms with E-state index in [4.69, 9.17) is 16.0 Å². The highest BCUT2D eigenvalue weighted by molar-refractivity contribution is 6.32. The van der Waals surface area contributed by atoms with Crippen LogP contribution < -0.4 is 0 Å². The quantitative estimate of drug-likeness (QED) is 0.849. The third-order valence-corrected chi connectivity index (χ3v) is 3.01. The molecule has 0 aliphatic rings. The average Bonchev–Trinajstić information content (AvgIpc) is 2.83. The smallest absolute Gasteiger partial charge is 0.406 e. The summed E-state index contributed by atoms with van der Waals surface area (Å²) in [5, 5.41) is -0.222. The first-order chi connectivity index (χ1) is 9.87. The first kappa shape index (κ1) is 15.4. The number of nitrogens with zero attached hydrogens (tertiary/aromatic N) is 1. The van der Waals surface area contributed by atoms with Gasteiger partial charge >= 0.3 is 6.18 Å². The third-order valence-electron chi connectivity index (χ3n) is 2.72. The average molecular weight is 318 g/mol. The molecule has 0 atom stereocenters. The molecule has 2 rings (SSSR count). The van der Waals surface area contributed by atoms with Gasteiger partial charge in [0.15, 0.2) is 0 Å². The molecule has 7 heteroatoms. The SMILES string of the molecule is O=C(c1ccoc1Cl)N(Cc1ccccc1)CC(F)(F)F. The molecule has 0 aliphatic heterocycles. The summed E-state index contributed by atoms with van der Waals surface area (Å²) in [4.78, 5) is 12.9. The fourth-order valence-electron chi connectivity index (χ4n) is 1.84. The summed E-state index contributed by atoms with van der Waals surface area (Å²) in [5.41, 5.74) is 0.506. The molecule has 0 unspecified atom stereocenters. The maximum Gasteiger partial charge on any atom is 0.406 e. The van der Waals surface area contributed by atoms with Gasteiger partial charge < -0.3 is 9.32 Å². The lowest BCUT2D eigenvalue weighted by atomic mass is 10.2. The Labute approximate surface area is 123 Å². The molecule has 0 spiro atoms. The van der Waals surface area contributed by atoms with Gasteiger partial charge in [0.05, 0.1) is 11.8 Å². The van der Waals surface area contributed by atoms with E-state index in [-0.39, 0.29) is 17.3 Å². The zero-order valence-corrected chi connectivity index (χ0v) is 11.5. The first-order valence-electron chi connectivity index (χ1n) is 6.00. The highest BCUT2D eigenvalue weighted by Crippen LogP contribution is 2.23. The Kier molecular flexibility index (Phi) is 4.57. The van der Waals surface area contributed by atoms with Crippen LogP contribution in [0.25, 0.3) is 0 Å². The van der Waals surface area contributed by atoms with E-state index in [1.54, 1.807) is 30.3 Å². The Morgan fingerprint density at radius 2 is 1.86 bits per heavy atom. The molecule has 0 radical (unpaired) electrons. The summed E-state index contributed by atoms with van der Waals surface area (Å²) < 4.78 is 42.7. The predicted molar refractivity (Wildman–Crippen MR) is 71.0 cm³/mol. The van der Waals surface area contributed by atoms with Crippen LogP contribution >= 0.6 is 11.6 Å². The van der Waals surface area contributed by atoms with Crippen molar-refractivity contribution in [2.45, 2.75) is 12.7 Å². The summed E-state index contributed by atoms with van der Waals surface area (Å²) in [6.07, 6.45) is -3.34. The molecule has 21 heavy (non-hydrogen) atoms. The summed E-state index contributed by atoms with van der Waals surface area (Å²) in [6.45, 7) is -1.52. The molecule has 1 aromatic heterocycles. The van der Waals surface area contributed by atoms with Crippen molar-refractivity contribution in [2.75, 3.05) is 6.54 Å². The number of benzene rings is 1. The maximum absolute atomic E-state index is 12.7. The van der Waals surface area contributed by atoms with Crippen LogP contribution in [0.3, 0.4) is 0 Å². The zero-order chi connectivity index (χ0) is 15.5. The molecule has 0 bridgehead atoms. The van der Waals surface area contributed by atoms with Crippen LogP contribution in [-0.2, 0) is 6.54 Å². The van der Waals surface area contributed by atoms with Crippen LogP contribution in [0, 0.1) is 0 Å². The molecule has 1 heterocycles. The van der Waals surface area contributed by atoms with Gasteiger partial charge in [-0.25, -0.2) is 0 Å². The van der Waals surface area contributed by atoms with Crippen molar-refractivity contribution in [2.24, 2.45) is 0 Å². The van der Waals surface area contributed by atoms with Gasteiger partial charge in [-0.2, -0.15) is 13.2 Å². The number of carbonyl (C=O) groups is 1. The van der Waals surface area contributed by atoms with Gasteiger partial charge in [0.2, 0.25) is 5.22 Å². The zero-order valence-electron chi connectivity index (χ0n) is 10.7. The Morgan fingerprint density at radius 3 is 2.38 bits per heavy atom. The topological polar surface area (TPSA) is 33.5 Å². The molecule has 0 fully saturated rings. The second kappa shape index (κ2) is 6.22. The van der Waals surface area contributed by atoms with Gasteiger partial charge in [-0.05, 0) is 23.2 Å². The van der Waals surface area contributed by atoms with Gasteiger partial charge in [-0.1, -0.05) is 30.3 Å².